The quantitative estimate of drug-likeness (QED) is 0.433. The topological polar surface area (TPSA) is 89.7 Å². The molecule has 0 saturated carbocycles. The summed E-state index contributed by atoms with van der Waals surface area (Å²) in [5.41, 5.74) is 2.34. The van der Waals surface area contributed by atoms with Crippen molar-refractivity contribution in [3.63, 3.8) is 0 Å². The summed E-state index contributed by atoms with van der Waals surface area (Å²) in [4.78, 5) is 23.7. The molecule has 1 aromatic heterocycles. The molecule has 5 rings (SSSR count). The van der Waals surface area contributed by atoms with Crippen molar-refractivity contribution in [2.24, 2.45) is 0 Å². The minimum atomic E-state index is -0.0973. The number of fused-ring (bicyclic) bond motifs is 1. The Labute approximate surface area is 216 Å². The number of carbonyl (C=O) groups is 1. The Morgan fingerprint density at radius 2 is 1.81 bits per heavy atom. The highest BCUT2D eigenvalue weighted by molar-refractivity contribution is 5.92. The van der Waals surface area contributed by atoms with Crippen LogP contribution in [0, 0.1) is 0 Å². The van der Waals surface area contributed by atoms with E-state index in [4.69, 9.17) is 23.4 Å². The Bertz CT molecular complexity index is 1240. The van der Waals surface area contributed by atoms with Crippen LogP contribution in [-0.2, 0) is 19.6 Å². The van der Waals surface area contributed by atoms with Crippen molar-refractivity contribution in [2.45, 2.75) is 19.6 Å². The van der Waals surface area contributed by atoms with E-state index < -0.39 is 0 Å². The third-order valence-electron chi connectivity index (χ3n) is 6.64. The van der Waals surface area contributed by atoms with Crippen LogP contribution in [0.5, 0.6) is 23.0 Å². The minimum absolute atomic E-state index is 0.0973. The monoisotopic (exact) mass is 508 g/mol. The van der Waals surface area contributed by atoms with Gasteiger partial charge in [-0.3, -0.25) is 9.69 Å². The fourth-order valence-electron chi connectivity index (χ4n) is 4.63. The van der Waals surface area contributed by atoms with E-state index in [1.165, 1.54) is 6.26 Å². The van der Waals surface area contributed by atoms with Gasteiger partial charge in [0.2, 0.25) is 12.7 Å². The van der Waals surface area contributed by atoms with Gasteiger partial charge in [0, 0.05) is 44.8 Å². The number of carbonyl (C=O) groups excluding carboxylic acids is 1. The molecule has 1 amide bonds. The number of benzene rings is 2. The number of ether oxygens (including phenoxy) is 4. The zero-order valence-corrected chi connectivity index (χ0v) is 21.4. The molecule has 1 saturated heterocycles. The molecule has 3 heterocycles. The summed E-state index contributed by atoms with van der Waals surface area (Å²) in [6.07, 6.45) is 1.46. The molecule has 10 nitrogen and oxygen atoms in total. The Kier molecular flexibility index (Phi) is 7.47. The van der Waals surface area contributed by atoms with Crippen molar-refractivity contribution < 1.29 is 28.2 Å². The van der Waals surface area contributed by atoms with Crippen molar-refractivity contribution in [3.05, 3.63) is 65.4 Å². The van der Waals surface area contributed by atoms with Gasteiger partial charge in [0.1, 0.15) is 6.26 Å². The van der Waals surface area contributed by atoms with Crippen molar-refractivity contribution >= 4 is 5.91 Å². The van der Waals surface area contributed by atoms with E-state index in [1.54, 1.807) is 14.2 Å². The molecule has 196 valence electrons. The number of hydrogen-bond donors (Lipinski definition) is 0. The van der Waals surface area contributed by atoms with Gasteiger partial charge in [0.25, 0.3) is 5.91 Å². The lowest BCUT2D eigenvalue weighted by molar-refractivity contribution is 0.0658. The number of rotatable bonds is 9. The molecule has 2 aliphatic heterocycles. The number of para-hydroxylation sites is 1. The van der Waals surface area contributed by atoms with Gasteiger partial charge >= 0.3 is 0 Å². The first-order chi connectivity index (χ1) is 18.0. The van der Waals surface area contributed by atoms with Crippen LogP contribution in [0.3, 0.4) is 0 Å². The van der Waals surface area contributed by atoms with Gasteiger partial charge in [-0.1, -0.05) is 18.2 Å². The molecule has 0 bridgehead atoms. The zero-order chi connectivity index (χ0) is 25.8. The molecule has 10 heteroatoms. The van der Waals surface area contributed by atoms with Crippen molar-refractivity contribution in [2.75, 3.05) is 54.2 Å². The lowest BCUT2D eigenvalue weighted by atomic mass is 10.1. The molecule has 2 aliphatic rings. The Hall–Kier alpha value is -3.76. The maximum absolute atomic E-state index is 13.0. The normalized spacial score (nSPS) is 15.3. The van der Waals surface area contributed by atoms with Crippen molar-refractivity contribution in [1.82, 2.24) is 19.7 Å². The predicted molar refractivity (Wildman–Crippen MR) is 135 cm³/mol. The van der Waals surface area contributed by atoms with Crippen molar-refractivity contribution in [3.8, 4) is 23.0 Å². The first-order valence-electron chi connectivity index (χ1n) is 12.3. The highest BCUT2D eigenvalue weighted by Crippen LogP contribution is 2.34. The average Bonchev–Trinajstić information content (AvgIpc) is 3.58. The Balaban J connectivity index is 1.36. The second-order valence-corrected chi connectivity index (χ2v) is 9.21. The van der Waals surface area contributed by atoms with E-state index in [-0.39, 0.29) is 12.7 Å². The van der Waals surface area contributed by atoms with Crippen LogP contribution >= 0.6 is 0 Å². The summed E-state index contributed by atoms with van der Waals surface area (Å²) in [5, 5.41) is 0. The summed E-state index contributed by atoms with van der Waals surface area (Å²) < 4.78 is 27.9. The molecule has 0 atom stereocenters. The second kappa shape index (κ2) is 11.1. The van der Waals surface area contributed by atoms with Crippen LogP contribution in [0.1, 0.15) is 27.5 Å². The van der Waals surface area contributed by atoms with Crippen LogP contribution in [0.15, 0.2) is 47.1 Å². The number of oxazole rings is 1. The maximum Gasteiger partial charge on any atom is 0.275 e. The highest BCUT2D eigenvalue weighted by atomic mass is 16.7. The molecular weight excluding hydrogens is 476 g/mol. The number of aromatic nitrogens is 1. The van der Waals surface area contributed by atoms with Gasteiger partial charge in [0.15, 0.2) is 28.7 Å². The molecular formula is C27H32N4O6. The third kappa shape index (κ3) is 5.65. The summed E-state index contributed by atoms with van der Waals surface area (Å²) in [6.45, 7) is 4.81. The van der Waals surface area contributed by atoms with Gasteiger partial charge in [-0.05, 0) is 30.8 Å². The Morgan fingerprint density at radius 3 is 2.59 bits per heavy atom. The SMILES string of the molecule is COc1cccc(CN(Cc2ccc3c(c2)OCO3)Cc2nc(C(=O)N3CCN(C)CC3)co2)c1OC. The number of piperazine rings is 1. The highest BCUT2D eigenvalue weighted by Gasteiger charge is 2.24. The van der Waals surface area contributed by atoms with E-state index in [2.05, 4.69) is 21.8 Å². The fourth-order valence-corrected chi connectivity index (χ4v) is 4.63. The Morgan fingerprint density at radius 1 is 1.00 bits per heavy atom. The molecule has 0 aliphatic carbocycles. The molecule has 0 spiro atoms. The number of nitrogens with zero attached hydrogens (tertiary/aromatic N) is 4. The van der Waals surface area contributed by atoms with Crippen LogP contribution in [0.4, 0.5) is 0 Å². The van der Waals surface area contributed by atoms with Crippen LogP contribution in [0.25, 0.3) is 0 Å². The van der Waals surface area contributed by atoms with E-state index >= 15 is 0 Å². The second-order valence-electron chi connectivity index (χ2n) is 9.21. The van der Waals surface area contributed by atoms with E-state index in [0.29, 0.717) is 55.8 Å². The zero-order valence-electron chi connectivity index (χ0n) is 21.4. The first-order valence-corrected chi connectivity index (χ1v) is 12.3. The van der Waals surface area contributed by atoms with E-state index in [0.717, 1.165) is 35.7 Å². The smallest absolute Gasteiger partial charge is 0.275 e. The molecule has 37 heavy (non-hydrogen) atoms. The largest absolute Gasteiger partial charge is 0.493 e. The summed E-state index contributed by atoms with van der Waals surface area (Å²) in [7, 11) is 5.31. The van der Waals surface area contributed by atoms with Gasteiger partial charge in [-0.2, -0.15) is 0 Å². The van der Waals surface area contributed by atoms with Crippen molar-refractivity contribution in [1.29, 1.82) is 0 Å². The van der Waals surface area contributed by atoms with Gasteiger partial charge < -0.3 is 33.2 Å². The third-order valence-corrected chi connectivity index (χ3v) is 6.64. The number of methoxy groups -OCH3 is 2. The average molecular weight is 509 g/mol. The lowest BCUT2D eigenvalue weighted by Gasteiger charge is -2.31. The molecule has 0 N–H and O–H groups in total. The summed E-state index contributed by atoms with van der Waals surface area (Å²) in [6, 6.07) is 11.7. The van der Waals surface area contributed by atoms with Crippen LogP contribution < -0.4 is 18.9 Å². The molecule has 2 aromatic carbocycles. The number of amides is 1. The van der Waals surface area contributed by atoms with Gasteiger partial charge in [-0.25, -0.2) is 4.98 Å². The minimum Gasteiger partial charge on any atom is -0.493 e. The van der Waals surface area contributed by atoms with Gasteiger partial charge in [0.05, 0.1) is 20.8 Å². The summed E-state index contributed by atoms with van der Waals surface area (Å²) >= 11 is 0. The lowest BCUT2D eigenvalue weighted by Crippen LogP contribution is -2.47. The van der Waals surface area contributed by atoms with Gasteiger partial charge in [-0.15, -0.1) is 0 Å². The first kappa shape index (κ1) is 24.9. The summed E-state index contributed by atoms with van der Waals surface area (Å²) in [5.74, 6) is 3.19. The molecule has 3 aromatic rings. The molecule has 0 unspecified atom stereocenters. The number of hydrogen-bond acceptors (Lipinski definition) is 9. The number of likely N-dealkylation sites (N-methyl/N-ethyl adjacent to an activating group) is 1. The van der Waals surface area contributed by atoms with E-state index in [1.807, 2.05) is 41.3 Å². The molecule has 0 radical (unpaired) electrons. The predicted octanol–water partition coefficient (Wildman–Crippen LogP) is 3.01. The molecule has 1 fully saturated rings. The van der Waals surface area contributed by atoms with E-state index in [9.17, 15) is 4.79 Å². The standard InChI is InChI=1S/C27H32N4O6/c1-29-9-11-31(12-10-29)27(32)21-17-35-25(28-21)16-30(14-19-7-8-22-24(13-19)37-18-36-22)15-20-5-4-6-23(33-2)26(20)34-3/h4-8,13,17H,9-12,14-16,18H2,1-3H3. The fraction of sp³-hybridized carbons (Fsp3) is 0.407. The van der Waals surface area contributed by atoms with Crippen LogP contribution in [-0.4, -0.2) is 79.8 Å². The maximum atomic E-state index is 13.0. The van der Waals surface area contributed by atoms with Crippen LogP contribution in [0.2, 0.25) is 0 Å².